The van der Waals surface area contributed by atoms with E-state index in [9.17, 15) is 0 Å². The van der Waals surface area contributed by atoms with Gasteiger partial charge in [0.25, 0.3) is 0 Å². The molecule has 0 bridgehead atoms. The monoisotopic (exact) mass is 317 g/mol. The minimum Gasteiger partial charge on any atom is -0.398 e. The first-order valence-electron chi connectivity index (χ1n) is 6.38. The van der Waals surface area contributed by atoms with Crippen LogP contribution in [0.3, 0.4) is 0 Å². The third-order valence-corrected chi connectivity index (χ3v) is 4.14. The van der Waals surface area contributed by atoms with Gasteiger partial charge in [0.15, 0.2) is 0 Å². The molecule has 1 aromatic heterocycles. The number of fused-ring (bicyclic) bond motifs is 1. The fraction of sp³-hybridized carbons (Fsp3) is 0.267. The lowest BCUT2D eigenvalue weighted by Gasteiger charge is -2.31. The average Bonchev–Trinajstić information content (AvgIpc) is 2.38. The van der Waals surface area contributed by atoms with Gasteiger partial charge in [0, 0.05) is 25.0 Å². The second-order valence-electron chi connectivity index (χ2n) is 4.97. The van der Waals surface area contributed by atoms with E-state index in [-0.39, 0.29) is 0 Å². The molecule has 0 amide bonds. The van der Waals surface area contributed by atoms with Gasteiger partial charge < -0.3 is 10.6 Å². The molecule has 4 heteroatoms. The number of pyridine rings is 1. The Bertz CT molecular complexity index is 625. The van der Waals surface area contributed by atoms with Crippen molar-refractivity contribution in [2.24, 2.45) is 0 Å². The van der Waals surface area contributed by atoms with Crippen molar-refractivity contribution in [1.82, 2.24) is 4.98 Å². The smallest absolute Gasteiger partial charge is 0.143 e. The van der Waals surface area contributed by atoms with E-state index in [1.54, 1.807) is 0 Å². The lowest BCUT2D eigenvalue weighted by molar-refractivity contribution is 0.720. The highest BCUT2D eigenvalue weighted by atomic mass is 79.9. The largest absolute Gasteiger partial charge is 0.398 e. The first kappa shape index (κ1) is 12.5. The molecular weight excluding hydrogens is 302 g/mol. The van der Waals surface area contributed by atoms with Crippen molar-refractivity contribution in [2.75, 3.05) is 17.2 Å². The van der Waals surface area contributed by atoms with Crippen LogP contribution in [0.5, 0.6) is 0 Å². The molecular formula is C15H16BrN3. The minimum atomic E-state index is 0.870. The SMILES string of the molecule is Cc1cnc(N2CCc3c(N)cccc3C2)c(Br)c1. The first-order valence-corrected chi connectivity index (χ1v) is 7.18. The Morgan fingerprint density at radius 3 is 3.00 bits per heavy atom. The van der Waals surface area contributed by atoms with Crippen LogP contribution in [0.15, 0.2) is 34.9 Å². The molecule has 0 saturated heterocycles. The van der Waals surface area contributed by atoms with Gasteiger partial charge in [0.2, 0.25) is 0 Å². The maximum absolute atomic E-state index is 6.03. The van der Waals surface area contributed by atoms with Crippen molar-refractivity contribution < 1.29 is 0 Å². The van der Waals surface area contributed by atoms with E-state index in [0.717, 1.165) is 41.1 Å². The van der Waals surface area contributed by atoms with Crippen molar-refractivity contribution in [3.05, 3.63) is 51.6 Å². The van der Waals surface area contributed by atoms with Gasteiger partial charge in [0.1, 0.15) is 5.82 Å². The van der Waals surface area contributed by atoms with Gasteiger partial charge in [0.05, 0.1) is 4.47 Å². The molecule has 3 rings (SSSR count). The Morgan fingerprint density at radius 1 is 1.37 bits per heavy atom. The van der Waals surface area contributed by atoms with Crippen LogP contribution in [0.2, 0.25) is 0 Å². The molecule has 2 aromatic rings. The Balaban J connectivity index is 1.93. The summed E-state index contributed by atoms with van der Waals surface area (Å²) in [6.07, 6.45) is 2.89. The molecule has 0 radical (unpaired) electrons. The normalized spacial score (nSPS) is 14.3. The third kappa shape index (κ3) is 2.32. The molecule has 3 nitrogen and oxygen atoms in total. The highest BCUT2D eigenvalue weighted by molar-refractivity contribution is 9.10. The standard InChI is InChI=1S/C15H16BrN3/c1-10-7-13(16)15(18-8-10)19-6-5-12-11(9-19)3-2-4-14(12)17/h2-4,7-8H,5-6,9,17H2,1H3. The lowest BCUT2D eigenvalue weighted by atomic mass is 9.98. The summed E-state index contributed by atoms with van der Waals surface area (Å²) in [5.41, 5.74) is 10.7. The molecule has 1 aliphatic heterocycles. The van der Waals surface area contributed by atoms with Crippen LogP contribution >= 0.6 is 15.9 Å². The maximum Gasteiger partial charge on any atom is 0.143 e. The Kier molecular flexibility index (Phi) is 3.19. The summed E-state index contributed by atoms with van der Waals surface area (Å²) in [5, 5.41) is 0. The molecule has 1 aromatic carbocycles. The van der Waals surface area contributed by atoms with Crippen LogP contribution in [0.1, 0.15) is 16.7 Å². The van der Waals surface area contributed by atoms with Gasteiger partial charge in [-0.2, -0.15) is 0 Å². The number of anilines is 2. The molecule has 98 valence electrons. The lowest BCUT2D eigenvalue weighted by Crippen LogP contribution is -2.31. The summed E-state index contributed by atoms with van der Waals surface area (Å²) in [6.45, 7) is 3.87. The molecule has 0 spiro atoms. The number of nitrogen functional groups attached to an aromatic ring is 1. The summed E-state index contributed by atoms with van der Waals surface area (Å²) < 4.78 is 1.06. The van der Waals surface area contributed by atoms with Gasteiger partial charge in [-0.25, -0.2) is 4.98 Å². The second-order valence-corrected chi connectivity index (χ2v) is 5.83. The van der Waals surface area contributed by atoms with Gasteiger partial charge in [-0.15, -0.1) is 0 Å². The molecule has 2 N–H and O–H groups in total. The predicted molar refractivity (Wildman–Crippen MR) is 82.3 cm³/mol. The zero-order valence-electron chi connectivity index (χ0n) is 10.9. The van der Waals surface area contributed by atoms with E-state index in [1.165, 1.54) is 11.1 Å². The number of nitrogens with two attached hydrogens (primary N) is 1. The van der Waals surface area contributed by atoms with Crippen molar-refractivity contribution in [2.45, 2.75) is 19.9 Å². The molecule has 0 atom stereocenters. The molecule has 2 heterocycles. The number of aryl methyl sites for hydroxylation is 1. The van der Waals surface area contributed by atoms with Crippen molar-refractivity contribution in [3.63, 3.8) is 0 Å². The third-order valence-electron chi connectivity index (χ3n) is 3.56. The fourth-order valence-electron chi connectivity index (χ4n) is 2.58. The highest BCUT2D eigenvalue weighted by Crippen LogP contribution is 2.30. The summed E-state index contributed by atoms with van der Waals surface area (Å²) in [7, 11) is 0. The molecule has 1 aliphatic rings. The van der Waals surface area contributed by atoms with Gasteiger partial charge in [-0.05, 0) is 58.1 Å². The fourth-order valence-corrected chi connectivity index (χ4v) is 3.29. The number of aromatic nitrogens is 1. The zero-order chi connectivity index (χ0) is 13.4. The van der Waals surface area contributed by atoms with Crippen LogP contribution in [0.4, 0.5) is 11.5 Å². The first-order chi connectivity index (χ1) is 9.15. The zero-order valence-corrected chi connectivity index (χ0v) is 12.4. The second kappa shape index (κ2) is 4.85. The summed E-state index contributed by atoms with van der Waals surface area (Å²) in [4.78, 5) is 6.84. The van der Waals surface area contributed by atoms with Crippen molar-refractivity contribution in [1.29, 1.82) is 0 Å². The molecule has 19 heavy (non-hydrogen) atoms. The van der Waals surface area contributed by atoms with Crippen LogP contribution in [-0.2, 0) is 13.0 Å². The Morgan fingerprint density at radius 2 is 2.21 bits per heavy atom. The number of rotatable bonds is 1. The molecule has 0 saturated carbocycles. The van der Waals surface area contributed by atoms with Crippen LogP contribution in [0, 0.1) is 6.92 Å². The predicted octanol–water partition coefficient (Wildman–Crippen LogP) is 3.30. The van der Waals surface area contributed by atoms with Crippen LogP contribution in [0.25, 0.3) is 0 Å². The van der Waals surface area contributed by atoms with E-state index < -0.39 is 0 Å². The van der Waals surface area contributed by atoms with Crippen molar-refractivity contribution >= 4 is 27.4 Å². The molecule has 0 unspecified atom stereocenters. The average molecular weight is 318 g/mol. The summed E-state index contributed by atoms with van der Waals surface area (Å²) >= 11 is 3.61. The topological polar surface area (TPSA) is 42.2 Å². The van der Waals surface area contributed by atoms with Gasteiger partial charge >= 0.3 is 0 Å². The molecule has 0 fully saturated rings. The van der Waals surface area contributed by atoms with Crippen LogP contribution in [-0.4, -0.2) is 11.5 Å². The number of halogens is 1. The van der Waals surface area contributed by atoms with Crippen molar-refractivity contribution in [3.8, 4) is 0 Å². The molecule has 0 aliphatic carbocycles. The van der Waals surface area contributed by atoms with E-state index in [0.29, 0.717) is 0 Å². The quantitative estimate of drug-likeness (QED) is 0.821. The number of benzene rings is 1. The van der Waals surface area contributed by atoms with E-state index >= 15 is 0 Å². The Hall–Kier alpha value is -1.55. The van der Waals surface area contributed by atoms with Gasteiger partial charge in [-0.3, -0.25) is 0 Å². The number of hydrogen-bond donors (Lipinski definition) is 1. The highest BCUT2D eigenvalue weighted by Gasteiger charge is 2.20. The van der Waals surface area contributed by atoms with Gasteiger partial charge in [-0.1, -0.05) is 12.1 Å². The Labute approximate surface area is 121 Å². The van der Waals surface area contributed by atoms with Crippen LogP contribution < -0.4 is 10.6 Å². The summed E-state index contributed by atoms with van der Waals surface area (Å²) in [6, 6.07) is 8.26. The van der Waals surface area contributed by atoms with E-state index in [1.807, 2.05) is 25.3 Å². The minimum absolute atomic E-state index is 0.870. The number of nitrogens with zero attached hydrogens (tertiary/aromatic N) is 2. The number of hydrogen-bond acceptors (Lipinski definition) is 3. The summed E-state index contributed by atoms with van der Waals surface area (Å²) in [5.74, 6) is 1.01. The maximum atomic E-state index is 6.03. The van der Waals surface area contributed by atoms with E-state index in [4.69, 9.17) is 5.73 Å². The van der Waals surface area contributed by atoms with E-state index in [2.05, 4.69) is 37.9 Å².